The predicted molar refractivity (Wildman–Crippen MR) is 74.5 cm³/mol. The Bertz CT molecular complexity index is 516. The molecular weight excluding hydrogens is 270 g/mol. The predicted octanol–water partition coefficient (Wildman–Crippen LogP) is 3.59. The molecule has 18 heavy (non-hydrogen) atoms. The van der Waals surface area contributed by atoms with E-state index in [1.807, 2.05) is 26.0 Å². The second-order valence-electron chi connectivity index (χ2n) is 3.97. The summed E-state index contributed by atoms with van der Waals surface area (Å²) in [4.78, 5) is 9.34. The Morgan fingerprint density at radius 1 is 1.39 bits per heavy atom. The molecule has 2 aromatic rings. The number of nitrogens with one attached hydrogen (secondary N) is 1. The molecule has 0 atom stereocenters. The highest BCUT2D eigenvalue weighted by Gasteiger charge is 2.03. The lowest BCUT2D eigenvalue weighted by molar-refractivity contribution is 0.232. The van der Waals surface area contributed by atoms with E-state index in [2.05, 4.69) is 15.3 Å². The fourth-order valence-electron chi connectivity index (χ4n) is 1.37. The molecule has 0 bridgehead atoms. The van der Waals surface area contributed by atoms with Gasteiger partial charge in [-0.05, 0) is 26.0 Å². The van der Waals surface area contributed by atoms with Gasteiger partial charge in [-0.2, -0.15) is 0 Å². The first kappa shape index (κ1) is 13.1. The smallest absolute Gasteiger partial charge is 0.218 e. The van der Waals surface area contributed by atoms with Crippen LogP contribution in [0, 0.1) is 0 Å². The van der Waals surface area contributed by atoms with Crippen molar-refractivity contribution in [1.82, 2.24) is 9.97 Å². The number of nitrogens with zero attached hydrogens (tertiary/aromatic N) is 2. The summed E-state index contributed by atoms with van der Waals surface area (Å²) >= 11 is 7.42. The molecule has 0 aliphatic rings. The summed E-state index contributed by atoms with van der Waals surface area (Å²) in [6, 6.07) is 5.67. The van der Waals surface area contributed by atoms with Crippen molar-refractivity contribution in [2.24, 2.45) is 0 Å². The highest BCUT2D eigenvalue weighted by Crippen LogP contribution is 2.22. The van der Waals surface area contributed by atoms with Gasteiger partial charge in [0.25, 0.3) is 0 Å². The lowest BCUT2D eigenvalue weighted by atomic mass is 10.4. The molecule has 2 heterocycles. The van der Waals surface area contributed by atoms with E-state index in [-0.39, 0.29) is 6.10 Å². The third-order valence-corrected chi connectivity index (χ3v) is 3.30. The first-order valence-corrected chi connectivity index (χ1v) is 6.79. The van der Waals surface area contributed by atoms with E-state index in [0.717, 1.165) is 15.0 Å². The summed E-state index contributed by atoms with van der Waals surface area (Å²) in [5.41, 5.74) is 0. The summed E-state index contributed by atoms with van der Waals surface area (Å²) in [5.74, 6) is 1.32. The molecule has 0 saturated heterocycles. The molecule has 0 aliphatic heterocycles. The lowest BCUT2D eigenvalue weighted by Crippen LogP contribution is -2.08. The Balaban J connectivity index is 1.96. The zero-order valence-corrected chi connectivity index (χ0v) is 11.8. The van der Waals surface area contributed by atoms with Crippen molar-refractivity contribution >= 4 is 28.8 Å². The van der Waals surface area contributed by atoms with E-state index in [4.69, 9.17) is 16.3 Å². The monoisotopic (exact) mass is 283 g/mol. The Morgan fingerprint density at radius 2 is 2.22 bits per heavy atom. The Hall–Kier alpha value is -1.33. The normalized spacial score (nSPS) is 10.7. The minimum atomic E-state index is 0.101. The van der Waals surface area contributed by atoms with Gasteiger partial charge in [0, 0.05) is 10.9 Å². The number of ether oxygens (including phenoxy) is 1. The maximum Gasteiger partial charge on any atom is 0.218 e. The molecule has 6 heteroatoms. The Labute approximate surface area is 115 Å². The average Bonchev–Trinajstić information content (AvgIpc) is 2.72. The molecular formula is C12H14ClN3OS. The summed E-state index contributed by atoms with van der Waals surface area (Å²) in [6.07, 6.45) is 1.59. The minimum absolute atomic E-state index is 0.101. The number of anilines is 1. The number of hydrogen-bond acceptors (Lipinski definition) is 5. The minimum Gasteiger partial charge on any atom is -0.475 e. The molecule has 0 aliphatic carbocycles. The standard InChI is InChI=1S/C12H14ClN3OS/c1-8(2)17-12-5-11(15-7-16-12)14-6-9-3-4-10(13)18-9/h3-5,7-8H,6H2,1-2H3,(H,14,15,16). The maximum absolute atomic E-state index is 5.87. The van der Waals surface area contributed by atoms with Crippen LogP contribution in [0.25, 0.3) is 0 Å². The van der Waals surface area contributed by atoms with E-state index in [9.17, 15) is 0 Å². The molecule has 4 nitrogen and oxygen atoms in total. The van der Waals surface area contributed by atoms with Gasteiger partial charge in [0.15, 0.2) is 0 Å². The molecule has 0 amide bonds. The van der Waals surface area contributed by atoms with Crippen molar-refractivity contribution in [1.29, 1.82) is 0 Å². The van der Waals surface area contributed by atoms with Crippen molar-refractivity contribution in [2.75, 3.05) is 5.32 Å². The molecule has 0 unspecified atom stereocenters. The summed E-state index contributed by atoms with van der Waals surface area (Å²) in [7, 11) is 0. The van der Waals surface area contributed by atoms with Crippen LogP contribution in [0.5, 0.6) is 5.88 Å². The van der Waals surface area contributed by atoms with Crippen molar-refractivity contribution in [2.45, 2.75) is 26.5 Å². The number of aromatic nitrogens is 2. The van der Waals surface area contributed by atoms with Crippen LogP contribution >= 0.6 is 22.9 Å². The summed E-state index contributed by atoms with van der Waals surface area (Å²) in [6.45, 7) is 4.61. The second-order valence-corrected chi connectivity index (χ2v) is 5.77. The zero-order chi connectivity index (χ0) is 13.0. The van der Waals surface area contributed by atoms with Gasteiger partial charge in [-0.15, -0.1) is 11.3 Å². The van der Waals surface area contributed by atoms with Crippen LogP contribution in [0.4, 0.5) is 5.82 Å². The van der Waals surface area contributed by atoms with Gasteiger partial charge in [-0.1, -0.05) is 11.6 Å². The molecule has 1 N–H and O–H groups in total. The van der Waals surface area contributed by atoms with Gasteiger partial charge in [0.1, 0.15) is 12.1 Å². The van der Waals surface area contributed by atoms with Crippen LogP contribution in [0.1, 0.15) is 18.7 Å². The van der Waals surface area contributed by atoms with Crippen molar-refractivity contribution in [3.05, 3.63) is 33.7 Å². The van der Waals surface area contributed by atoms with Crippen molar-refractivity contribution in [3.8, 4) is 5.88 Å². The topological polar surface area (TPSA) is 47.0 Å². The molecule has 96 valence electrons. The van der Waals surface area contributed by atoms with E-state index < -0.39 is 0 Å². The second kappa shape index (κ2) is 6.02. The summed E-state index contributed by atoms with van der Waals surface area (Å²) < 4.78 is 6.29. The van der Waals surface area contributed by atoms with Crippen LogP contribution < -0.4 is 10.1 Å². The van der Waals surface area contributed by atoms with Gasteiger partial charge in [-0.25, -0.2) is 9.97 Å². The number of hydrogen-bond donors (Lipinski definition) is 1. The van der Waals surface area contributed by atoms with E-state index in [0.29, 0.717) is 12.4 Å². The zero-order valence-electron chi connectivity index (χ0n) is 10.2. The first-order chi connectivity index (χ1) is 8.63. The lowest BCUT2D eigenvalue weighted by Gasteiger charge is -2.09. The fourth-order valence-corrected chi connectivity index (χ4v) is 2.39. The van der Waals surface area contributed by atoms with Gasteiger partial charge in [-0.3, -0.25) is 0 Å². The molecule has 2 rings (SSSR count). The fraction of sp³-hybridized carbons (Fsp3) is 0.333. The molecule has 0 saturated carbocycles. The number of halogens is 1. The molecule has 0 aromatic carbocycles. The van der Waals surface area contributed by atoms with Gasteiger partial charge in [0.05, 0.1) is 17.0 Å². The van der Waals surface area contributed by atoms with E-state index in [1.54, 1.807) is 17.4 Å². The molecule has 0 spiro atoms. The van der Waals surface area contributed by atoms with Gasteiger partial charge in [0.2, 0.25) is 5.88 Å². The van der Waals surface area contributed by atoms with Gasteiger partial charge < -0.3 is 10.1 Å². The van der Waals surface area contributed by atoms with Crippen LogP contribution in [-0.2, 0) is 6.54 Å². The highest BCUT2D eigenvalue weighted by atomic mass is 35.5. The molecule has 2 aromatic heterocycles. The van der Waals surface area contributed by atoms with Crippen molar-refractivity contribution < 1.29 is 4.74 Å². The number of thiophene rings is 1. The average molecular weight is 284 g/mol. The van der Waals surface area contributed by atoms with E-state index in [1.165, 1.54) is 6.33 Å². The molecule has 0 fully saturated rings. The number of rotatable bonds is 5. The Morgan fingerprint density at radius 3 is 2.89 bits per heavy atom. The SMILES string of the molecule is CC(C)Oc1cc(NCc2ccc(Cl)s2)ncn1. The first-order valence-electron chi connectivity index (χ1n) is 5.60. The third-order valence-electron chi connectivity index (χ3n) is 2.07. The van der Waals surface area contributed by atoms with Crippen LogP contribution in [-0.4, -0.2) is 16.1 Å². The highest BCUT2D eigenvalue weighted by molar-refractivity contribution is 7.16. The van der Waals surface area contributed by atoms with Crippen LogP contribution in [0.3, 0.4) is 0 Å². The summed E-state index contributed by atoms with van der Waals surface area (Å²) in [5, 5.41) is 3.21. The van der Waals surface area contributed by atoms with Crippen LogP contribution in [0.15, 0.2) is 24.5 Å². The van der Waals surface area contributed by atoms with Crippen LogP contribution in [0.2, 0.25) is 4.34 Å². The van der Waals surface area contributed by atoms with E-state index >= 15 is 0 Å². The quantitative estimate of drug-likeness (QED) is 0.911. The van der Waals surface area contributed by atoms with Gasteiger partial charge >= 0.3 is 0 Å². The maximum atomic E-state index is 5.87. The molecule has 0 radical (unpaired) electrons. The Kier molecular flexibility index (Phi) is 4.38. The third kappa shape index (κ3) is 3.85. The van der Waals surface area contributed by atoms with Crippen molar-refractivity contribution in [3.63, 3.8) is 0 Å². The largest absolute Gasteiger partial charge is 0.475 e.